The molecule has 5 aromatic heterocycles. The number of nitrogens with zero attached hydrogens (tertiary/aromatic N) is 4. The Morgan fingerprint density at radius 3 is 2.79 bits per heavy atom. The highest BCUT2D eigenvalue weighted by atomic mass is 32.1. The van der Waals surface area contributed by atoms with Crippen LogP contribution in [0.3, 0.4) is 0 Å². The molecular weight excluding hydrogens is 382 g/mol. The second kappa shape index (κ2) is 6.68. The van der Waals surface area contributed by atoms with Crippen LogP contribution < -0.4 is 10.2 Å². The van der Waals surface area contributed by atoms with E-state index in [1.807, 2.05) is 30.6 Å². The standard InChI is InChI=1S/C21H19N7S/c1-2-7-23-13(3-1)17-18-15(6-8-24-18)29-19(17)21-25-14-4-5-16(26-20(14)27-21)28-11-9-22-10-12-28/h1-8,22,24H,9-12H2,(H,25,26,27). The van der Waals surface area contributed by atoms with Gasteiger partial charge in [-0.05, 0) is 30.3 Å². The van der Waals surface area contributed by atoms with Crippen molar-refractivity contribution in [1.82, 2.24) is 30.2 Å². The lowest BCUT2D eigenvalue weighted by molar-refractivity contribution is 0.585. The first-order valence-electron chi connectivity index (χ1n) is 9.71. The molecule has 5 aromatic rings. The number of thiophene rings is 1. The summed E-state index contributed by atoms with van der Waals surface area (Å²) in [5.74, 6) is 1.82. The maximum Gasteiger partial charge on any atom is 0.180 e. The Hall–Kier alpha value is -3.23. The van der Waals surface area contributed by atoms with Gasteiger partial charge in [-0.3, -0.25) is 4.98 Å². The number of aromatic nitrogens is 5. The summed E-state index contributed by atoms with van der Waals surface area (Å²) in [4.78, 5) is 24.5. The first-order valence-corrected chi connectivity index (χ1v) is 10.5. The largest absolute Gasteiger partial charge is 0.360 e. The highest BCUT2D eigenvalue weighted by molar-refractivity contribution is 7.23. The molecule has 0 unspecified atom stereocenters. The third-order valence-corrected chi connectivity index (χ3v) is 6.47. The van der Waals surface area contributed by atoms with Crippen molar-refractivity contribution in [2.45, 2.75) is 0 Å². The normalized spacial score (nSPS) is 14.8. The number of fused-ring (bicyclic) bond motifs is 2. The van der Waals surface area contributed by atoms with Crippen molar-refractivity contribution < 1.29 is 0 Å². The van der Waals surface area contributed by atoms with Gasteiger partial charge in [-0.15, -0.1) is 11.3 Å². The zero-order chi connectivity index (χ0) is 19.2. The Bertz CT molecular complexity index is 1290. The number of hydrogen-bond acceptors (Lipinski definition) is 6. The Morgan fingerprint density at radius 1 is 1.00 bits per heavy atom. The van der Waals surface area contributed by atoms with Gasteiger partial charge in [0, 0.05) is 44.1 Å². The van der Waals surface area contributed by atoms with Gasteiger partial charge < -0.3 is 20.2 Å². The summed E-state index contributed by atoms with van der Waals surface area (Å²) < 4.78 is 1.19. The number of nitrogens with one attached hydrogen (secondary N) is 3. The minimum atomic E-state index is 0.750. The van der Waals surface area contributed by atoms with Gasteiger partial charge in [-0.2, -0.15) is 0 Å². The van der Waals surface area contributed by atoms with E-state index < -0.39 is 0 Å². The van der Waals surface area contributed by atoms with Crippen LogP contribution in [0.4, 0.5) is 5.82 Å². The van der Waals surface area contributed by atoms with Gasteiger partial charge >= 0.3 is 0 Å². The molecule has 0 aliphatic carbocycles. The maximum absolute atomic E-state index is 4.86. The molecule has 1 aliphatic heterocycles. The monoisotopic (exact) mass is 401 g/mol. The van der Waals surface area contributed by atoms with Crippen molar-refractivity contribution in [3.05, 3.63) is 48.8 Å². The predicted octanol–water partition coefficient (Wildman–Crippen LogP) is 3.64. The molecule has 0 saturated carbocycles. The summed E-state index contributed by atoms with van der Waals surface area (Å²) in [7, 11) is 0. The highest BCUT2D eigenvalue weighted by Crippen LogP contribution is 2.42. The molecule has 0 spiro atoms. The van der Waals surface area contributed by atoms with Crippen LogP contribution in [0, 0.1) is 0 Å². The van der Waals surface area contributed by atoms with Crippen LogP contribution in [0.25, 0.3) is 43.3 Å². The van der Waals surface area contributed by atoms with Crippen molar-refractivity contribution in [2.75, 3.05) is 31.1 Å². The van der Waals surface area contributed by atoms with Crippen molar-refractivity contribution in [2.24, 2.45) is 0 Å². The predicted molar refractivity (Wildman–Crippen MR) is 117 cm³/mol. The molecule has 8 heteroatoms. The van der Waals surface area contributed by atoms with Crippen molar-refractivity contribution in [3.8, 4) is 22.0 Å². The third-order valence-electron chi connectivity index (χ3n) is 5.31. The lowest BCUT2D eigenvalue weighted by Gasteiger charge is -2.28. The van der Waals surface area contributed by atoms with Gasteiger partial charge in [-0.25, -0.2) is 9.97 Å². The molecule has 6 rings (SSSR count). The molecule has 1 saturated heterocycles. The highest BCUT2D eigenvalue weighted by Gasteiger charge is 2.21. The molecule has 29 heavy (non-hydrogen) atoms. The fourth-order valence-corrected chi connectivity index (χ4v) is 5.01. The first kappa shape index (κ1) is 16.7. The van der Waals surface area contributed by atoms with Gasteiger partial charge in [0.1, 0.15) is 5.82 Å². The Morgan fingerprint density at radius 2 is 1.93 bits per heavy atom. The smallest absolute Gasteiger partial charge is 0.180 e. The van der Waals surface area contributed by atoms with E-state index in [2.05, 4.69) is 43.4 Å². The lowest BCUT2D eigenvalue weighted by Crippen LogP contribution is -2.43. The number of piperazine rings is 1. The van der Waals surface area contributed by atoms with E-state index in [0.717, 1.165) is 70.6 Å². The number of imidazole rings is 1. The van der Waals surface area contributed by atoms with Crippen LogP contribution >= 0.6 is 11.3 Å². The van der Waals surface area contributed by atoms with E-state index in [0.29, 0.717) is 0 Å². The molecule has 0 bridgehead atoms. The molecule has 1 fully saturated rings. The van der Waals surface area contributed by atoms with E-state index >= 15 is 0 Å². The fourth-order valence-electron chi connectivity index (χ4n) is 3.89. The summed E-state index contributed by atoms with van der Waals surface area (Å²) in [5, 5.41) is 3.38. The zero-order valence-electron chi connectivity index (χ0n) is 15.6. The number of H-pyrrole nitrogens is 2. The molecule has 0 atom stereocenters. The van der Waals surface area contributed by atoms with Crippen LogP contribution in [0.2, 0.25) is 0 Å². The van der Waals surface area contributed by atoms with Gasteiger partial charge in [0.25, 0.3) is 0 Å². The molecule has 1 aliphatic rings. The SMILES string of the molecule is c1ccc(-c2c(-c3nc4nc(N5CCNCC5)ccc4[nH]3)sc3cc[nH]c23)nc1. The summed E-state index contributed by atoms with van der Waals surface area (Å²) in [6.45, 7) is 3.91. The molecule has 144 valence electrons. The van der Waals surface area contributed by atoms with Crippen LogP contribution in [0.1, 0.15) is 0 Å². The Labute approximate surface area is 170 Å². The summed E-state index contributed by atoms with van der Waals surface area (Å²) in [6.07, 6.45) is 3.79. The molecule has 6 heterocycles. The Kier molecular flexibility index (Phi) is 3.85. The average molecular weight is 401 g/mol. The van der Waals surface area contributed by atoms with E-state index in [9.17, 15) is 0 Å². The zero-order valence-corrected chi connectivity index (χ0v) is 16.5. The van der Waals surface area contributed by atoms with Gasteiger partial charge in [0.2, 0.25) is 0 Å². The van der Waals surface area contributed by atoms with Gasteiger partial charge in [0.05, 0.1) is 26.3 Å². The topological polar surface area (TPSA) is 85.5 Å². The van der Waals surface area contributed by atoms with Crippen LogP contribution in [0.15, 0.2) is 48.8 Å². The third kappa shape index (κ3) is 2.80. The molecule has 0 radical (unpaired) electrons. The lowest BCUT2D eigenvalue weighted by atomic mass is 10.1. The van der Waals surface area contributed by atoms with Crippen molar-refractivity contribution in [3.63, 3.8) is 0 Å². The van der Waals surface area contributed by atoms with Gasteiger partial charge in [0.15, 0.2) is 11.5 Å². The number of hydrogen-bond donors (Lipinski definition) is 3. The number of anilines is 1. The van der Waals surface area contributed by atoms with Crippen LogP contribution in [0.5, 0.6) is 0 Å². The molecule has 0 aromatic carbocycles. The van der Waals surface area contributed by atoms with Crippen LogP contribution in [-0.2, 0) is 0 Å². The minimum Gasteiger partial charge on any atom is -0.360 e. The van der Waals surface area contributed by atoms with Crippen LogP contribution in [-0.4, -0.2) is 51.1 Å². The first-order chi connectivity index (χ1) is 14.4. The fraction of sp³-hybridized carbons (Fsp3) is 0.190. The second-order valence-corrected chi connectivity index (χ2v) is 8.15. The van der Waals surface area contributed by atoms with E-state index in [4.69, 9.17) is 9.97 Å². The Balaban J connectivity index is 1.48. The molecular formula is C21H19N7S. The second-order valence-electron chi connectivity index (χ2n) is 7.10. The van der Waals surface area contributed by atoms with E-state index in [1.165, 1.54) is 4.70 Å². The summed E-state index contributed by atoms with van der Waals surface area (Å²) in [5.41, 5.74) is 4.81. The molecule has 7 nitrogen and oxygen atoms in total. The maximum atomic E-state index is 4.86. The van der Waals surface area contributed by atoms with Gasteiger partial charge in [-0.1, -0.05) is 6.07 Å². The van der Waals surface area contributed by atoms with E-state index in [1.54, 1.807) is 11.3 Å². The minimum absolute atomic E-state index is 0.750. The van der Waals surface area contributed by atoms with Crippen molar-refractivity contribution >= 4 is 38.5 Å². The number of pyridine rings is 2. The summed E-state index contributed by atoms with van der Waals surface area (Å²) >= 11 is 1.71. The number of aromatic amines is 2. The van der Waals surface area contributed by atoms with E-state index in [-0.39, 0.29) is 0 Å². The quantitative estimate of drug-likeness (QED) is 0.430. The van der Waals surface area contributed by atoms with Crippen molar-refractivity contribution in [1.29, 1.82) is 0 Å². The number of rotatable bonds is 3. The summed E-state index contributed by atoms with van der Waals surface area (Å²) in [6, 6.07) is 12.2. The molecule has 3 N–H and O–H groups in total. The average Bonchev–Trinajstić information content (AvgIpc) is 3.48. The molecule has 0 amide bonds.